The maximum Gasteiger partial charge on any atom is 0.313 e. The zero-order chi connectivity index (χ0) is 12.3. The van der Waals surface area contributed by atoms with Gasteiger partial charge in [-0.1, -0.05) is 28.1 Å². The summed E-state index contributed by atoms with van der Waals surface area (Å²) in [5.74, 6) is -0.0251. The third-order valence-corrected chi connectivity index (χ3v) is 3.22. The summed E-state index contributed by atoms with van der Waals surface area (Å²) in [6.45, 7) is 2.12. The molecule has 1 aliphatic heterocycles. The fourth-order valence-corrected chi connectivity index (χ4v) is 2.07. The maximum absolute atomic E-state index is 11.5. The van der Waals surface area contributed by atoms with Crippen LogP contribution in [0.15, 0.2) is 24.3 Å². The molecule has 0 amide bonds. The van der Waals surface area contributed by atoms with Gasteiger partial charge in [0, 0.05) is 0 Å². The van der Waals surface area contributed by atoms with Crippen molar-refractivity contribution in [2.24, 2.45) is 0 Å². The molecule has 0 saturated heterocycles. The number of halogens is 1. The van der Waals surface area contributed by atoms with Gasteiger partial charge in [0.05, 0.1) is 11.9 Å². The Morgan fingerprint density at radius 3 is 2.41 bits per heavy atom. The van der Waals surface area contributed by atoms with Crippen molar-refractivity contribution in [3.8, 4) is 11.5 Å². The van der Waals surface area contributed by atoms with Gasteiger partial charge in [-0.3, -0.25) is 4.79 Å². The summed E-state index contributed by atoms with van der Waals surface area (Å²) in [6.07, 6.45) is 0.0563. The van der Waals surface area contributed by atoms with Crippen molar-refractivity contribution < 1.29 is 19.0 Å². The highest BCUT2D eigenvalue weighted by atomic mass is 79.9. The van der Waals surface area contributed by atoms with Crippen LogP contribution < -0.4 is 9.47 Å². The number of hydrogen-bond donors (Lipinski definition) is 0. The lowest BCUT2D eigenvalue weighted by atomic mass is 10.2. The second-order valence-electron chi connectivity index (χ2n) is 3.68. The number of para-hydroxylation sites is 2. The van der Waals surface area contributed by atoms with Crippen molar-refractivity contribution in [1.82, 2.24) is 0 Å². The summed E-state index contributed by atoms with van der Waals surface area (Å²) in [5, 5.41) is 0.396. The van der Waals surface area contributed by atoms with Crippen LogP contribution in [0.3, 0.4) is 0 Å². The first-order valence-corrected chi connectivity index (χ1v) is 6.50. The molecule has 0 bridgehead atoms. The van der Waals surface area contributed by atoms with Gasteiger partial charge in [0.1, 0.15) is 6.42 Å². The van der Waals surface area contributed by atoms with Crippen LogP contribution in [0.4, 0.5) is 0 Å². The number of benzene rings is 1. The molecule has 0 aliphatic carbocycles. The number of ether oxygens (including phenoxy) is 3. The highest BCUT2D eigenvalue weighted by Gasteiger charge is 2.43. The van der Waals surface area contributed by atoms with Gasteiger partial charge in [0.2, 0.25) is 0 Å². The fraction of sp³-hybridized carbons (Fsp3) is 0.417. The molecule has 0 aromatic heterocycles. The van der Waals surface area contributed by atoms with E-state index in [1.807, 2.05) is 24.3 Å². The van der Waals surface area contributed by atoms with Gasteiger partial charge in [-0.05, 0) is 19.1 Å². The molecule has 4 nitrogen and oxygen atoms in total. The number of fused-ring (bicyclic) bond motifs is 1. The lowest BCUT2D eigenvalue weighted by Crippen LogP contribution is -2.43. The van der Waals surface area contributed by atoms with Crippen molar-refractivity contribution >= 4 is 21.9 Å². The van der Waals surface area contributed by atoms with Crippen molar-refractivity contribution in [2.75, 3.05) is 11.9 Å². The van der Waals surface area contributed by atoms with Gasteiger partial charge >= 0.3 is 5.97 Å². The number of rotatable bonds is 4. The van der Waals surface area contributed by atoms with E-state index in [1.165, 1.54) is 0 Å². The zero-order valence-electron chi connectivity index (χ0n) is 9.44. The minimum absolute atomic E-state index is 0.0563. The molecular weight excluding hydrogens is 288 g/mol. The molecule has 1 aromatic rings. The number of hydrogen-bond acceptors (Lipinski definition) is 4. The summed E-state index contributed by atoms with van der Waals surface area (Å²) in [7, 11) is 0. The van der Waals surface area contributed by atoms with Crippen LogP contribution in [0.1, 0.15) is 13.3 Å². The Morgan fingerprint density at radius 1 is 1.35 bits per heavy atom. The Labute approximate surface area is 108 Å². The SMILES string of the molecule is CCOC(=O)CC1(CBr)Oc2ccccc2O1. The van der Waals surface area contributed by atoms with Crippen LogP contribution in [0.25, 0.3) is 0 Å². The molecule has 2 rings (SSSR count). The zero-order valence-corrected chi connectivity index (χ0v) is 11.0. The average molecular weight is 301 g/mol. The van der Waals surface area contributed by atoms with Crippen LogP contribution in [0.5, 0.6) is 11.5 Å². The molecule has 92 valence electrons. The number of carbonyl (C=O) groups excluding carboxylic acids is 1. The maximum atomic E-state index is 11.5. The molecule has 0 radical (unpaired) electrons. The Kier molecular flexibility index (Phi) is 3.57. The number of esters is 1. The Bertz CT molecular complexity index is 394. The Hall–Kier alpha value is -1.23. The smallest absolute Gasteiger partial charge is 0.313 e. The Balaban J connectivity index is 2.12. The standard InChI is InChI=1S/C12H13BrO4/c1-2-15-11(14)7-12(8-13)16-9-5-3-4-6-10(9)17-12/h3-6H,2,7-8H2,1H3. The third kappa shape index (κ3) is 2.54. The van der Waals surface area contributed by atoms with E-state index in [0.29, 0.717) is 23.4 Å². The summed E-state index contributed by atoms with van der Waals surface area (Å²) in [4.78, 5) is 11.5. The van der Waals surface area contributed by atoms with E-state index >= 15 is 0 Å². The fourth-order valence-electron chi connectivity index (χ4n) is 1.65. The highest BCUT2D eigenvalue weighted by Crippen LogP contribution is 2.41. The van der Waals surface area contributed by atoms with Crippen LogP contribution in [-0.4, -0.2) is 23.7 Å². The predicted octanol–water partition coefficient (Wildman–Crippen LogP) is 2.50. The second kappa shape index (κ2) is 4.96. The van der Waals surface area contributed by atoms with Crippen molar-refractivity contribution in [3.05, 3.63) is 24.3 Å². The van der Waals surface area contributed by atoms with E-state index in [-0.39, 0.29) is 12.4 Å². The molecule has 1 aromatic carbocycles. The molecule has 0 unspecified atom stereocenters. The van der Waals surface area contributed by atoms with Crippen molar-refractivity contribution in [3.63, 3.8) is 0 Å². The van der Waals surface area contributed by atoms with E-state index < -0.39 is 5.79 Å². The summed E-state index contributed by atoms with van der Waals surface area (Å²) < 4.78 is 16.3. The molecule has 0 fully saturated rings. The minimum atomic E-state index is -0.990. The first-order chi connectivity index (χ1) is 8.19. The van der Waals surface area contributed by atoms with Crippen molar-refractivity contribution in [2.45, 2.75) is 19.1 Å². The van der Waals surface area contributed by atoms with E-state index in [4.69, 9.17) is 14.2 Å². The lowest BCUT2D eigenvalue weighted by molar-refractivity contribution is -0.154. The normalized spacial score (nSPS) is 15.6. The monoisotopic (exact) mass is 300 g/mol. The van der Waals surface area contributed by atoms with Gasteiger partial charge < -0.3 is 14.2 Å². The largest absolute Gasteiger partial charge is 0.466 e. The predicted molar refractivity (Wildman–Crippen MR) is 65.5 cm³/mol. The molecular formula is C12H13BrO4. The number of carbonyl (C=O) groups is 1. The first-order valence-electron chi connectivity index (χ1n) is 5.38. The molecule has 0 saturated carbocycles. The Morgan fingerprint density at radius 2 is 1.94 bits per heavy atom. The molecule has 5 heteroatoms. The van der Waals surface area contributed by atoms with Crippen LogP contribution in [-0.2, 0) is 9.53 Å². The average Bonchev–Trinajstić information content (AvgIpc) is 2.67. The van der Waals surface area contributed by atoms with E-state index in [2.05, 4.69) is 15.9 Å². The second-order valence-corrected chi connectivity index (χ2v) is 4.24. The van der Waals surface area contributed by atoms with Gasteiger partial charge in [-0.15, -0.1) is 0 Å². The van der Waals surface area contributed by atoms with Crippen LogP contribution in [0.2, 0.25) is 0 Å². The summed E-state index contributed by atoms with van der Waals surface area (Å²) in [5.41, 5.74) is 0. The number of alkyl halides is 1. The van der Waals surface area contributed by atoms with Gasteiger partial charge in [0.25, 0.3) is 5.79 Å². The van der Waals surface area contributed by atoms with Crippen molar-refractivity contribution in [1.29, 1.82) is 0 Å². The van der Waals surface area contributed by atoms with Gasteiger partial charge in [0.15, 0.2) is 11.5 Å². The molecule has 0 N–H and O–H groups in total. The first kappa shape index (κ1) is 12.2. The summed E-state index contributed by atoms with van der Waals surface area (Å²) >= 11 is 3.31. The molecule has 17 heavy (non-hydrogen) atoms. The molecule has 1 aliphatic rings. The van der Waals surface area contributed by atoms with E-state index in [0.717, 1.165) is 0 Å². The highest BCUT2D eigenvalue weighted by molar-refractivity contribution is 9.09. The molecule has 0 atom stereocenters. The van der Waals surface area contributed by atoms with Gasteiger partial charge in [-0.25, -0.2) is 0 Å². The lowest BCUT2D eigenvalue weighted by Gasteiger charge is -2.24. The molecule has 0 spiro atoms. The minimum Gasteiger partial charge on any atom is -0.466 e. The van der Waals surface area contributed by atoms with Crippen LogP contribution in [0, 0.1) is 0 Å². The topological polar surface area (TPSA) is 44.8 Å². The third-order valence-electron chi connectivity index (χ3n) is 2.36. The van der Waals surface area contributed by atoms with Crippen LogP contribution >= 0.6 is 15.9 Å². The van der Waals surface area contributed by atoms with Gasteiger partial charge in [-0.2, -0.15) is 0 Å². The quantitative estimate of drug-likeness (QED) is 0.633. The molecule has 1 heterocycles. The van der Waals surface area contributed by atoms with E-state index in [1.54, 1.807) is 6.92 Å². The van der Waals surface area contributed by atoms with E-state index in [9.17, 15) is 4.79 Å². The summed E-state index contributed by atoms with van der Waals surface area (Å²) in [6, 6.07) is 7.34.